The second-order valence-electron chi connectivity index (χ2n) is 7.74. The number of hydrazone groups is 1. The monoisotopic (exact) mass is 420 g/mol. The Kier molecular flexibility index (Phi) is 3.93. The second-order valence-corrected chi connectivity index (χ2v) is 8.62. The molecule has 3 N–H and O–H groups in total. The average Bonchev–Trinajstić information content (AvgIpc) is 3.20. The summed E-state index contributed by atoms with van der Waals surface area (Å²) in [4.78, 5) is 18.6. The van der Waals surface area contributed by atoms with Crippen LogP contribution in [-0.4, -0.2) is 48.5 Å². The topological polar surface area (TPSA) is 90.9 Å². The quantitative estimate of drug-likeness (QED) is 0.603. The van der Waals surface area contributed by atoms with Gasteiger partial charge in [0, 0.05) is 24.3 Å². The van der Waals surface area contributed by atoms with Crippen LogP contribution in [0, 0.1) is 0 Å². The van der Waals surface area contributed by atoms with Crippen molar-refractivity contribution >= 4 is 44.7 Å². The standard InChI is InChI=1S/C21H20N6O2S/c1-11-21(28)26-25-20-9-29-18-5-14(12-2-3-15-19(4-12)30-10-23-15)16(6-17(18)27(11)20)24-13-7-22-8-13/h2-6,10-11,13,22,24H,7-9H2,1H3,(H,26,28). The number of hydrogen-bond acceptors (Lipinski definition) is 8. The molecule has 2 aromatic carbocycles. The van der Waals surface area contributed by atoms with Crippen LogP contribution in [0.1, 0.15) is 6.92 Å². The number of aromatic nitrogens is 1. The number of anilines is 2. The molecule has 8 nitrogen and oxygen atoms in total. The lowest BCUT2D eigenvalue weighted by Gasteiger charge is -2.39. The van der Waals surface area contributed by atoms with E-state index in [4.69, 9.17) is 4.74 Å². The van der Waals surface area contributed by atoms with Crippen LogP contribution < -0.4 is 25.7 Å². The summed E-state index contributed by atoms with van der Waals surface area (Å²) in [5.41, 5.74) is 9.51. The number of nitrogens with one attached hydrogen (secondary N) is 3. The van der Waals surface area contributed by atoms with Gasteiger partial charge in [-0.15, -0.1) is 11.3 Å². The molecule has 30 heavy (non-hydrogen) atoms. The number of hydrogen-bond donors (Lipinski definition) is 3. The molecule has 1 fully saturated rings. The van der Waals surface area contributed by atoms with Gasteiger partial charge in [-0.25, -0.2) is 10.4 Å². The van der Waals surface area contributed by atoms with Gasteiger partial charge in [-0.05, 0) is 36.8 Å². The summed E-state index contributed by atoms with van der Waals surface area (Å²) in [5, 5.41) is 11.2. The number of ether oxygens (including phenoxy) is 1. The summed E-state index contributed by atoms with van der Waals surface area (Å²) in [6, 6.07) is 10.5. The zero-order chi connectivity index (χ0) is 20.2. The van der Waals surface area contributed by atoms with E-state index in [9.17, 15) is 4.79 Å². The first-order chi connectivity index (χ1) is 14.7. The lowest BCUT2D eigenvalue weighted by atomic mass is 9.99. The van der Waals surface area contributed by atoms with Gasteiger partial charge in [0.2, 0.25) is 0 Å². The van der Waals surface area contributed by atoms with E-state index < -0.39 is 0 Å². The van der Waals surface area contributed by atoms with E-state index in [-0.39, 0.29) is 11.9 Å². The van der Waals surface area contributed by atoms with Crippen LogP contribution in [-0.2, 0) is 4.79 Å². The van der Waals surface area contributed by atoms with Crippen LogP contribution in [0.4, 0.5) is 11.4 Å². The predicted molar refractivity (Wildman–Crippen MR) is 118 cm³/mol. The average molecular weight is 420 g/mol. The van der Waals surface area contributed by atoms with E-state index in [1.165, 1.54) is 0 Å². The lowest BCUT2D eigenvalue weighted by Crippen LogP contribution is -2.55. The van der Waals surface area contributed by atoms with Crippen LogP contribution in [0.2, 0.25) is 0 Å². The normalized spacial score (nSPS) is 20.6. The number of thiazole rings is 1. The van der Waals surface area contributed by atoms with E-state index >= 15 is 0 Å². The van der Waals surface area contributed by atoms with Crippen molar-refractivity contribution in [2.24, 2.45) is 5.10 Å². The van der Waals surface area contributed by atoms with Crippen molar-refractivity contribution in [2.75, 3.05) is 29.9 Å². The van der Waals surface area contributed by atoms with Gasteiger partial charge in [0.05, 0.1) is 27.5 Å². The minimum Gasteiger partial charge on any atom is -0.483 e. The molecule has 0 spiro atoms. The number of benzene rings is 2. The summed E-state index contributed by atoms with van der Waals surface area (Å²) < 4.78 is 7.19. The fraction of sp³-hybridized carbons (Fsp3) is 0.286. The van der Waals surface area contributed by atoms with Gasteiger partial charge in [0.25, 0.3) is 5.91 Å². The number of carbonyl (C=O) groups excluding carboxylic acids is 1. The van der Waals surface area contributed by atoms with Gasteiger partial charge in [-0.3, -0.25) is 4.79 Å². The van der Waals surface area contributed by atoms with E-state index in [0.29, 0.717) is 18.5 Å². The smallest absolute Gasteiger partial charge is 0.262 e. The SMILES string of the molecule is CC1C(=O)NN=C2COc3cc(-c4ccc5ncsc5c4)c(NC4CNC4)cc3N21. The predicted octanol–water partition coefficient (Wildman–Crippen LogP) is 2.38. The number of amidine groups is 1. The van der Waals surface area contributed by atoms with E-state index in [2.05, 4.69) is 56.5 Å². The van der Waals surface area contributed by atoms with Crippen molar-refractivity contribution in [1.82, 2.24) is 15.7 Å². The van der Waals surface area contributed by atoms with Crippen molar-refractivity contribution < 1.29 is 9.53 Å². The van der Waals surface area contributed by atoms with Crippen molar-refractivity contribution in [3.63, 3.8) is 0 Å². The lowest BCUT2D eigenvalue weighted by molar-refractivity contribution is -0.122. The summed E-state index contributed by atoms with van der Waals surface area (Å²) in [5.74, 6) is 1.35. The molecule has 0 saturated carbocycles. The highest BCUT2D eigenvalue weighted by Crippen LogP contribution is 2.43. The Morgan fingerprint density at radius 2 is 2.17 bits per heavy atom. The Labute approximate surface area is 176 Å². The summed E-state index contributed by atoms with van der Waals surface area (Å²) in [6.45, 7) is 4.06. The van der Waals surface area contributed by atoms with Crippen LogP contribution in [0.3, 0.4) is 0 Å². The summed E-state index contributed by atoms with van der Waals surface area (Å²) >= 11 is 1.63. The molecule has 0 radical (unpaired) electrons. The molecule has 0 bridgehead atoms. The highest BCUT2D eigenvalue weighted by atomic mass is 32.1. The van der Waals surface area contributed by atoms with Gasteiger partial charge >= 0.3 is 0 Å². The molecule has 3 aliphatic heterocycles. The Morgan fingerprint density at radius 3 is 3.00 bits per heavy atom. The molecule has 4 heterocycles. The van der Waals surface area contributed by atoms with Crippen LogP contribution >= 0.6 is 11.3 Å². The largest absolute Gasteiger partial charge is 0.483 e. The van der Waals surface area contributed by atoms with E-state index in [1.54, 1.807) is 11.3 Å². The molecule has 1 amide bonds. The number of amides is 1. The first-order valence-corrected chi connectivity index (χ1v) is 10.8. The first-order valence-electron chi connectivity index (χ1n) is 9.95. The van der Waals surface area contributed by atoms with E-state index in [1.807, 2.05) is 17.3 Å². The van der Waals surface area contributed by atoms with Gasteiger partial charge in [-0.2, -0.15) is 5.10 Å². The first kappa shape index (κ1) is 17.7. The molecule has 3 aromatic rings. The number of carbonyl (C=O) groups is 1. The third-order valence-corrected chi connectivity index (χ3v) is 6.63. The number of rotatable bonds is 3. The molecule has 1 unspecified atom stereocenters. The molecule has 1 saturated heterocycles. The van der Waals surface area contributed by atoms with Gasteiger partial charge < -0.3 is 20.3 Å². The summed E-state index contributed by atoms with van der Waals surface area (Å²) in [7, 11) is 0. The number of nitrogens with zero attached hydrogens (tertiary/aromatic N) is 3. The number of fused-ring (bicyclic) bond motifs is 4. The Morgan fingerprint density at radius 1 is 1.27 bits per heavy atom. The molecule has 1 atom stereocenters. The minimum absolute atomic E-state index is 0.121. The Balaban J connectivity index is 1.50. The van der Waals surface area contributed by atoms with E-state index in [0.717, 1.165) is 51.6 Å². The molecule has 152 valence electrons. The van der Waals surface area contributed by atoms with Gasteiger partial charge in [0.15, 0.2) is 5.84 Å². The Hall–Kier alpha value is -3.17. The van der Waals surface area contributed by atoms with Crippen molar-refractivity contribution in [3.05, 3.63) is 35.8 Å². The minimum atomic E-state index is -0.349. The van der Waals surface area contributed by atoms with Crippen LogP contribution in [0.15, 0.2) is 40.9 Å². The maximum Gasteiger partial charge on any atom is 0.262 e. The molecule has 0 aliphatic carbocycles. The third-order valence-electron chi connectivity index (χ3n) is 5.84. The third kappa shape index (κ3) is 2.73. The van der Waals surface area contributed by atoms with Crippen molar-refractivity contribution in [3.8, 4) is 16.9 Å². The summed E-state index contributed by atoms with van der Waals surface area (Å²) in [6.07, 6.45) is 0. The fourth-order valence-corrected chi connectivity index (χ4v) is 4.78. The van der Waals surface area contributed by atoms with Crippen molar-refractivity contribution in [1.29, 1.82) is 0 Å². The maximum atomic E-state index is 12.2. The highest BCUT2D eigenvalue weighted by Gasteiger charge is 2.36. The molecule has 6 rings (SSSR count). The van der Waals surface area contributed by atoms with Gasteiger partial charge in [-0.1, -0.05) is 6.07 Å². The zero-order valence-corrected chi connectivity index (χ0v) is 17.1. The zero-order valence-electron chi connectivity index (χ0n) is 16.3. The highest BCUT2D eigenvalue weighted by molar-refractivity contribution is 7.16. The van der Waals surface area contributed by atoms with Crippen molar-refractivity contribution in [2.45, 2.75) is 19.0 Å². The molecular formula is C21H20N6O2S. The van der Waals surface area contributed by atoms with Gasteiger partial charge in [0.1, 0.15) is 18.4 Å². The maximum absolute atomic E-state index is 12.2. The molecule has 3 aliphatic rings. The Bertz CT molecular complexity index is 1200. The molecule has 9 heteroatoms. The fourth-order valence-electron chi connectivity index (χ4n) is 4.06. The second kappa shape index (κ2) is 6.68. The molecule has 1 aromatic heterocycles. The van der Waals surface area contributed by atoms with Crippen LogP contribution in [0.25, 0.3) is 21.3 Å². The van der Waals surface area contributed by atoms with Crippen LogP contribution in [0.5, 0.6) is 5.75 Å². The molecular weight excluding hydrogens is 400 g/mol.